The number of hydrogen-bond donors (Lipinski definition) is 2. The van der Waals surface area contributed by atoms with Gasteiger partial charge in [-0.3, -0.25) is 4.79 Å². The Morgan fingerprint density at radius 1 is 1.02 bits per heavy atom. The summed E-state index contributed by atoms with van der Waals surface area (Å²) in [6.45, 7) is 4.96. The number of nitrogens with zero attached hydrogens (tertiary/aromatic N) is 2. The Morgan fingerprint density at radius 3 is 2.34 bits per heavy atom. The molecule has 1 unspecified atom stereocenters. The highest BCUT2D eigenvalue weighted by atomic mass is 35.5. The number of halogens is 1. The Morgan fingerprint density at radius 2 is 1.70 bits per heavy atom. The topological polar surface area (TPSA) is 91.8 Å². The number of aromatic nitrogens is 1. The molecule has 1 atom stereocenters. The lowest BCUT2D eigenvalue weighted by molar-refractivity contribution is -0.163. The summed E-state index contributed by atoms with van der Waals surface area (Å²) in [6, 6.07) is 17.3. The molecular weight excluding hydrogens is 574 g/mol. The third kappa shape index (κ3) is 5.72. The molecule has 44 heavy (non-hydrogen) atoms. The molecule has 0 spiro atoms. The van der Waals surface area contributed by atoms with Crippen molar-refractivity contribution in [2.24, 2.45) is 23.7 Å². The molecule has 0 aliphatic heterocycles. The normalized spacial score (nSPS) is 26.0. The second kappa shape index (κ2) is 12.2. The van der Waals surface area contributed by atoms with Crippen LogP contribution < -0.4 is 10.1 Å². The molecule has 1 heterocycles. The molecule has 8 heteroatoms. The summed E-state index contributed by atoms with van der Waals surface area (Å²) < 4.78 is 6.27. The number of nitrogens with one attached hydrogen (secondary N) is 1. The minimum atomic E-state index is -1.25. The first-order valence-electron chi connectivity index (χ1n) is 15.8. The summed E-state index contributed by atoms with van der Waals surface area (Å²) in [7, 11) is 4.06. The van der Waals surface area contributed by atoms with Crippen LogP contribution in [0.3, 0.4) is 0 Å². The predicted molar refractivity (Wildman–Crippen MR) is 173 cm³/mol. The number of pyridine rings is 1. The molecule has 7 nitrogen and oxygen atoms in total. The average molecular weight is 616 g/mol. The maximum Gasteiger partial charge on any atom is 0.330 e. The first kappa shape index (κ1) is 30.6. The van der Waals surface area contributed by atoms with E-state index in [4.69, 9.17) is 21.3 Å². The van der Waals surface area contributed by atoms with Gasteiger partial charge in [0.25, 0.3) is 5.91 Å². The molecule has 0 saturated heterocycles. The molecule has 4 bridgehead atoms. The molecule has 4 aliphatic rings. The first-order valence-corrected chi connectivity index (χ1v) is 16.2. The summed E-state index contributed by atoms with van der Waals surface area (Å²) in [5, 5.41) is 14.1. The van der Waals surface area contributed by atoms with Crippen molar-refractivity contribution < 1.29 is 19.4 Å². The Bertz CT molecular complexity index is 1540. The van der Waals surface area contributed by atoms with E-state index in [-0.39, 0.29) is 23.6 Å². The van der Waals surface area contributed by atoms with Gasteiger partial charge in [-0.2, -0.15) is 0 Å². The number of aryl methyl sites for hydroxylation is 1. The molecular formula is C36H42ClN3O4. The second-order valence-electron chi connectivity index (χ2n) is 13.5. The molecule has 232 valence electrons. The number of benzene rings is 2. The maximum atomic E-state index is 14.0. The number of aliphatic carboxylic acids is 1. The smallest absolute Gasteiger partial charge is 0.330 e. The zero-order valence-electron chi connectivity index (χ0n) is 26.0. The maximum absolute atomic E-state index is 14.0. The van der Waals surface area contributed by atoms with Crippen LogP contribution in [0.25, 0.3) is 22.4 Å². The third-order valence-electron chi connectivity index (χ3n) is 10.2. The highest BCUT2D eigenvalue weighted by molar-refractivity contribution is 6.32. The molecule has 2 aromatic carbocycles. The molecule has 4 saturated carbocycles. The van der Waals surface area contributed by atoms with E-state index in [0.29, 0.717) is 28.3 Å². The van der Waals surface area contributed by atoms with Gasteiger partial charge in [-0.25, -0.2) is 9.78 Å². The molecule has 1 aromatic heterocycles. The number of hydrogen-bond acceptors (Lipinski definition) is 5. The van der Waals surface area contributed by atoms with Gasteiger partial charge < -0.3 is 20.1 Å². The molecule has 4 fully saturated rings. The monoisotopic (exact) mass is 615 g/mol. The summed E-state index contributed by atoms with van der Waals surface area (Å²) in [6.07, 6.45) is 5.44. The average Bonchev–Trinajstić information content (AvgIpc) is 2.98. The predicted octanol–water partition coefficient (Wildman–Crippen LogP) is 7.11. The summed E-state index contributed by atoms with van der Waals surface area (Å²) >= 11 is 6.59. The van der Waals surface area contributed by atoms with Crippen molar-refractivity contribution >= 4 is 23.5 Å². The van der Waals surface area contributed by atoms with Crippen LogP contribution >= 0.6 is 11.6 Å². The Hall–Kier alpha value is -3.42. The van der Waals surface area contributed by atoms with E-state index >= 15 is 0 Å². The number of carboxylic acids is 1. The van der Waals surface area contributed by atoms with Gasteiger partial charge in [-0.15, -0.1) is 0 Å². The van der Waals surface area contributed by atoms with Crippen molar-refractivity contribution in [1.29, 1.82) is 0 Å². The molecule has 3 aromatic rings. The lowest BCUT2D eigenvalue weighted by atomic mass is 9.48. The number of carbonyl (C=O) groups is 2. The zero-order chi connectivity index (χ0) is 31.2. The Balaban J connectivity index is 1.37. The number of carbonyl (C=O) groups excluding carboxylic acids is 1. The summed E-state index contributed by atoms with van der Waals surface area (Å²) in [4.78, 5) is 33.9. The van der Waals surface area contributed by atoms with Crippen molar-refractivity contribution in [3.8, 4) is 28.1 Å². The fourth-order valence-electron chi connectivity index (χ4n) is 8.14. The number of amides is 1. The van der Waals surface area contributed by atoms with Gasteiger partial charge in [0.2, 0.25) is 0 Å². The molecule has 1 amide bonds. The van der Waals surface area contributed by atoms with Crippen LogP contribution in [0, 0.1) is 30.6 Å². The fourth-order valence-corrected chi connectivity index (χ4v) is 8.30. The van der Waals surface area contributed by atoms with Gasteiger partial charge >= 0.3 is 5.97 Å². The number of carboxylic acid groups (broad SMARTS) is 1. The minimum absolute atomic E-state index is 0.0450. The van der Waals surface area contributed by atoms with E-state index in [1.165, 1.54) is 6.42 Å². The van der Waals surface area contributed by atoms with Crippen LogP contribution in [0.1, 0.15) is 61.5 Å². The molecule has 4 aliphatic carbocycles. The lowest BCUT2D eigenvalue weighted by Gasteiger charge is -2.59. The number of ether oxygens (including phenoxy) is 1. The Kier molecular flexibility index (Phi) is 8.46. The van der Waals surface area contributed by atoms with Gasteiger partial charge in [0.05, 0.1) is 16.8 Å². The number of rotatable bonds is 10. The van der Waals surface area contributed by atoms with E-state index in [2.05, 4.69) is 10.2 Å². The van der Waals surface area contributed by atoms with Crippen LogP contribution in [0.5, 0.6) is 5.75 Å². The van der Waals surface area contributed by atoms with Crippen LogP contribution in [0.2, 0.25) is 5.02 Å². The molecule has 7 rings (SSSR count). The van der Waals surface area contributed by atoms with E-state index in [1.807, 2.05) is 70.4 Å². The van der Waals surface area contributed by atoms with Crippen LogP contribution in [-0.2, 0) is 4.79 Å². The molecule has 0 radical (unpaired) electrons. The van der Waals surface area contributed by atoms with Crippen LogP contribution in [-0.4, -0.2) is 59.1 Å². The van der Waals surface area contributed by atoms with Crippen molar-refractivity contribution in [3.63, 3.8) is 0 Å². The Labute approximate surface area is 265 Å². The standard InChI is InChI=1S/C36H42ClN3O4/c1-21-7-5-6-8-28(21)29-10-12-31(34(41)39-36(35(42)43)26-16-23-15-24(18-26)19-27(36)17-23)38-33(29)25-9-11-30(37)32(20-25)44-22(2)13-14-40(3)4/h5-12,20,22-24,26-27H,13-19H2,1-4H3,(H,39,41)(H,42,43). The van der Waals surface area contributed by atoms with Crippen LogP contribution in [0.15, 0.2) is 54.6 Å². The van der Waals surface area contributed by atoms with E-state index < -0.39 is 17.4 Å². The fraction of sp³-hybridized carbons (Fsp3) is 0.472. The lowest BCUT2D eigenvalue weighted by Crippen LogP contribution is -2.70. The summed E-state index contributed by atoms with van der Waals surface area (Å²) in [5.41, 5.74) is 3.28. The van der Waals surface area contributed by atoms with Crippen molar-refractivity contribution in [2.75, 3.05) is 20.6 Å². The largest absolute Gasteiger partial charge is 0.489 e. The van der Waals surface area contributed by atoms with E-state index in [1.54, 1.807) is 12.1 Å². The van der Waals surface area contributed by atoms with Gasteiger partial charge in [0.15, 0.2) is 0 Å². The van der Waals surface area contributed by atoms with E-state index in [0.717, 1.165) is 60.9 Å². The molecule has 2 N–H and O–H groups in total. The van der Waals surface area contributed by atoms with Crippen molar-refractivity contribution in [1.82, 2.24) is 15.2 Å². The highest BCUT2D eigenvalue weighted by Gasteiger charge is 2.62. The van der Waals surface area contributed by atoms with Gasteiger partial charge in [0, 0.05) is 17.7 Å². The zero-order valence-corrected chi connectivity index (χ0v) is 26.7. The summed E-state index contributed by atoms with van der Waals surface area (Å²) in [5.74, 6) is 0.257. The van der Waals surface area contributed by atoms with Crippen LogP contribution in [0.4, 0.5) is 0 Å². The van der Waals surface area contributed by atoms with E-state index in [9.17, 15) is 14.7 Å². The van der Waals surface area contributed by atoms with Gasteiger partial charge in [-0.1, -0.05) is 41.9 Å². The van der Waals surface area contributed by atoms with Gasteiger partial charge in [0.1, 0.15) is 17.0 Å². The first-order chi connectivity index (χ1) is 21.0. The van der Waals surface area contributed by atoms with Crippen molar-refractivity contribution in [3.05, 3.63) is 70.9 Å². The van der Waals surface area contributed by atoms with Gasteiger partial charge in [-0.05, 0) is 126 Å². The SMILES string of the molecule is Cc1ccccc1-c1ccc(C(=O)NC2(C(=O)O)C3CC4CC(C3)CC2C4)nc1-c1ccc(Cl)c(OC(C)CCN(C)C)c1. The third-order valence-corrected chi connectivity index (χ3v) is 10.5. The second-order valence-corrected chi connectivity index (χ2v) is 13.9. The van der Waals surface area contributed by atoms with Crippen molar-refractivity contribution in [2.45, 2.75) is 64.0 Å². The minimum Gasteiger partial charge on any atom is -0.489 e. The quantitative estimate of drug-likeness (QED) is 0.253. The highest BCUT2D eigenvalue weighted by Crippen LogP contribution is 2.58.